The van der Waals surface area contributed by atoms with Gasteiger partial charge in [0.1, 0.15) is 5.75 Å². The van der Waals surface area contributed by atoms with Crippen molar-refractivity contribution in [1.29, 1.82) is 0 Å². The Bertz CT molecular complexity index is 718. The summed E-state index contributed by atoms with van der Waals surface area (Å²) in [5.41, 5.74) is 3.29. The van der Waals surface area contributed by atoms with Crippen LogP contribution in [0.2, 0.25) is 0 Å². The van der Waals surface area contributed by atoms with Gasteiger partial charge in [-0.2, -0.15) is 13.9 Å². The highest BCUT2D eigenvalue weighted by molar-refractivity contribution is 7.80. The molecule has 0 bridgehead atoms. The highest BCUT2D eigenvalue weighted by Crippen LogP contribution is 2.27. The molecule has 2 rings (SSSR count). The summed E-state index contributed by atoms with van der Waals surface area (Å²) in [4.78, 5) is 0. The molecule has 2 aromatic rings. The minimum atomic E-state index is -2.89. The monoisotopic (exact) mass is 354 g/mol. The third-order valence-electron chi connectivity index (χ3n) is 3.55. The summed E-state index contributed by atoms with van der Waals surface area (Å²) in [6.45, 7) is 4.20. The van der Waals surface area contributed by atoms with Gasteiger partial charge in [0, 0.05) is 24.3 Å². The van der Waals surface area contributed by atoms with E-state index >= 15 is 0 Å². The Morgan fingerprint density at radius 2 is 2.12 bits per heavy atom. The molecule has 0 amide bonds. The topological polar surface area (TPSA) is 51.1 Å². The largest absolute Gasteiger partial charge is 0.433 e. The van der Waals surface area contributed by atoms with E-state index in [-0.39, 0.29) is 5.75 Å². The SMILES string of the molecule is CCn1ncc(CNC(=S)Nc2ccc(C)cc2OC(F)F)c1C. The lowest BCUT2D eigenvalue weighted by atomic mass is 10.2. The number of nitrogens with one attached hydrogen (secondary N) is 2. The summed E-state index contributed by atoms with van der Waals surface area (Å²) in [5.74, 6) is 0.0594. The molecule has 1 aromatic carbocycles. The van der Waals surface area contributed by atoms with Crippen molar-refractivity contribution in [2.45, 2.75) is 40.5 Å². The first kappa shape index (κ1) is 18.1. The van der Waals surface area contributed by atoms with Crippen molar-refractivity contribution in [1.82, 2.24) is 15.1 Å². The molecule has 0 atom stereocenters. The fourth-order valence-corrected chi connectivity index (χ4v) is 2.43. The Kier molecular flexibility index (Phi) is 6.08. The van der Waals surface area contributed by atoms with E-state index in [9.17, 15) is 8.78 Å². The number of alkyl halides is 2. The third-order valence-corrected chi connectivity index (χ3v) is 3.79. The quantitative estimate of drug-likeness (QED) is 0.776. The maximum Gasteiger partial charge on any atom is 0.387 e. The molecule has 130 valence electrons. The molecule has 2 N–H and O–H groups in total. The second kappa shape index (κ2) is 8.05. The lowest BCUT2D eigenvalue weighted by molar-refractivity contribution is -0.0493. The second-order valence-electron chi connectivity index (χ2n) is 5.26. The summed E-state index contributed by atoms with van der Waals surface area (Å²) in [6, 6.07) is 4.98. The number of benzene rings is 1. The van der Waals surface area contributed by atoms with E-state index in [0.717, 1.165) is 23.4 Å². The van der Waals surface area contributed by atoms with Gasteiger partial charge in [0.25, 0.3) is 0 Å². The van der Waals surface area contributed by atoms with Gasteiger partial charge in [0.2, 0.25) is 0 Å². The summed E-state index contributed by atoms with van der Waals surface area (Å²) in [7, 11) is 0. The van der Waals surface area contributed by atoms with Crippen LogP contribution in [-0.2, 0) is 13.1 Å². The van der Waals surface area contributed by atoms with Crippen molar-refractivity contribution in [2.75, 3.05) is 5.32 Å². The fourth-order valence-electron chi connectivity index (χ4n) is 2.25. The van der Waals surface area contributed by atoms with Crippen molar-refractivity contribution < 1.29 is 13.5 Å². The van der Waals surface area contributed by atoms with Gasteiger partial charge < -0.3 is 15.4 Å². The van der Waals surface area contributed by atoms with Gasteiger partial charge in [-0.1, -0.05) is 6.07 Å². The predicted molar refractivity (Wildman–Crippen MR) is 93.5 cm³/mol. The van der Waals surface area contributed by atoms with Crippen molar-refractivity contribution in [3.8, 4) is 5.75 Å². The zero-order valence-electron chi connectivity index (χ0n) is 13.8. The molecule has 0 spiro atoms. The molecule has 24 heavy (non-hydrogen) atoms. The summed E-state index contributed by atoms with van der Waals surface area (Å²) in [5, 5.41) is 10.5. The van der Waals surface area contributed by atoms with Crippen LogP contribution in [0.25, 0.3) is 0 Å². The first-order valence-electron chi connectivity index (χ1n) is 7.52. The molecule has 0 radical (unpaired) electrons. The Balaban J connectivity index is 2.00. The molecule has 0 fully saturated rings. The van der Waals surface area contributed by atoms with Crippen molar-refractivity contribution >= 4 is 23.0 Å². The maximum absolute atomic E-state index is 12.5. The van der Waals surface area contributed by atoms with Crippen LogP contribution >= 0.6 is 12.2 Å². The van der Waals surface area contributed by atoms with Crippen LogP contribution in [0.3, 0.4) is 0 Å². The molecule has 0 aliphatic carbocycles. The Hall–Kier alpha value is -2.22. The van der Waals surface area contributed by atoms with E-state index in [1.807, 2.05) is 18.5 Å². The zero-order chi connectivity index (χ0) is 17.7. The Morgan fingerprint density at radius 1 is 1.38 bits per heavy atom. The standard InChI is InChI=1S/C16H20F2N4OS/c1-4-22-11(3)12(9-20-22)8-19-16(24)21-13-6-5-10(2)7-14(13)23-15(17)18/h5-7,9,15H,4,8H2,1-3H3,(H2,19,21,24). The average molecular weight is 354 g/mol. The minimum Gasteiger partial charge on any atom is -0.433 e. The molecular weight excluding hydrogens is 334 g/mol. The van der Waals surface area contributed by atoms with Crippen LogP contribution in [0.1, 0.15) is 23.7 Å². The smallest absolute Gasteiger partial charge is 0.387 e. The highest BCUT2D eigenvalue weighted by Gasteiger charge is 2.12. The normalized spacial score (nSPS) is 10.8. The van der Waals surface area contributed by atoms with Crippen molar-refractivity contribution in [3.05, 3.63) is 41.2 Å². The molecule has 1 heterocycles. The van der Waals surface area contributed by atoms with Crippen LogP contribution in [0.5, 0.6) is 5.75 Å². The molecule has 0 saturated carbocycles. The van der Waals surface area contributed by atoms with Crippen LogP contribution in [-0.4, -0.2) is 21.5 Å². The first-order chi connectivity index (χ1) is 11.4. The van der Waals surface area contributed by atoms with Gasteiger partial charge in [-0.3, -0.25) is 4.68 Å². The number of aryl methyl sites for hydroxylation is 2. The van der Waals surface area contributed by atoms with Gasteiger partial charge >= 0.3 is 6.61 Å². The van der Waals surface area contributed by atoms with Gasteiger partial charge in [-0.25, -0.2) is 0 Å². The third kappa shape index (κ3) is 4.64. The molecule has 0 unspecified atom stereocenters. The van der Waals surface area contributed by atoms with Gasteiger partial charge in [-0.15, -0.1) is 0 Å². The number of hydrogen-bond acceptors (Lipinski definition) is 3. The zero-order valence-corrected chi connectivity index (χ0v) is 14.6. The lowest BCUT2D eigenvalue weighted by Crippen LogP contribution is -2.28. The van der Waals surface area contributed by atoms with Crippen LogP contribution < -0.4 is 15.4 Å². The Morgan fingerprint density at radius 3 is 2.75 bits per heavy atom. The number of nitrogens with zero attached hydrogens (tertiary/aromatic N) is 2. The molecule has 0 aliphatic rings. The van der Waals surface area contributed by atoms with E-state index < -0.39 is 6.61 Å². The summed E-state index contributed by atoms with van der Waals surface area (Å²) >= 11 is 5.23. The number of aromatic nitrogens is 2. The molecular formula is C16H20F2N4OS. The predicted octanol–water partition coefficient (Wildman–Crippen LogP) is 3.61. The van der Waals surface area contributed by atoms with E-state index in [0.29, 0.717) is 17.3 Å². The van der Waals surface area contributed by atoms with Crippen molar-refractivity contribution in [2.24, 2.45) is 0 Å². The highest BCUT2D eigenvalue weighted by atomic mass is 32.1. The van der Waals surface area contributed by atoms with E-state index in [4.69, 9.17) is 12.2 Å². The second-order valence-corrected chi connectivity index (χ2v) is 5.67. The van der Waals surface area contributed by atoms with Gasteiger partial charge in [0.05, 0.1) is 11.9 Å². The van der Waals surface area contributed by atoms with E-state index in [2.05, 4.69) is 20.5 Å². The van der Waals surface area contributed by atoms with Gasteiger partial charge in [-0.05, 0) is 50.7 Å². The number of hydrogen-bond donors (Lipinski definition) is 2. The van der Waals surface area contributed by atoms with Crippen LogP contribution in [0, 0.1) is 13.8 Å². The van der Waals surface area contributed by atoms with Crippen LogP contribution in [0.15, 0.2) is 24.4 Å². The average Bonchev–Trinajstić information content (AvgIpc) is 2.87. The number of halogens is 2. The van der Waals surface area contributed by atoms with E-state index in [1.54, 1.807) is 25.3 Å². The van der Waals surface area contributed by atoms with Crippen molar-refractivity contribution in [3.63, 3.8) is 0 Å². The molecule has 0 saturated heterocycles. The summed E-state index contributed by atoms with van der Waals surface area (Å²) < 4.78 is 31.4. The maximum atomic E-state index is 12.5. The molecule has 8 heteroatoms. The Labute approximate surface area is 145 Å². The van der Waals surface area contributed by atoms with Gasteiger partial charge in [0.15, 0.2) is 5.11 Å². The molecule has 1 aromatic heterocycles. The molecule has 5 nitrogen and oxygen atoms in total. The minimum absolute atomic E-state index is 0.0594. The first-order valence-corrected chi connectivity index (χ1v) is 7.93. The van der Waals surface area contributed by atoms with Crippen LogP contribution in [0.4, 0.5) is 14.5 Å². The number of ether oxygens (including phenoxy) is 1. The number of rotatable bonds is 6. The summed E-state index contributed by atoms with van der Waals surface area (Å²) in [6.07, 6.45) is 1.78. The molecule has 0 aliphatic heterocycles. The number of thiocarbonyl (C=S) groups is 1. The fraction of sp³-hybridized carbons (Fsp3) is 0.375. The number of anilines is 1. The van der Waals surface area contributed by atoms with E-state index in [1.165, 1.54) is 6.07 Å². The lowest BCUT2D eigenvalue weighted by Gasteiger charge is -2.15.